The number of rotatable bonds is 3. The van der Waals surface area contributed by atoms with Crippen LogP contribution in [0.3, 0.4) is 0 Å². The van der Waals surface area contributed by atoms with Gasteiger partial charge in [0, 0.05) is 6.61 Å². The van der Waals surface area contributed by atoms with Crippen molar-refractivity contribution in [1.82, 2.24) is 0 Å². The van der Waals surface area contributed by atoms with Crippen LogP contribution in [0.15, 0.2) is 0 Å². The number of hydrogen-bond acceptors (Lipinski definition) is 3. The molecule has 0 aromatic rings. The van der Waals surface area contributed by atoms with Crippen LogP contribution in [0.2, 0.25) is 0 Å². The van der Waals surface area contributed by atoms with Gasteiger partial charge in [-0.3, -0.25) is 0 Å². The molecule has 0 saturated heterocycles. The average Bonchev–Trinajstić information content (AvgIpc) is 1.87. The van der Waals surface area contributed by atoms with E-state index in [4.69, 9.17) is 10.2 Å². The van der Waals surface area contributed by atoms with Gasteiger partial charge >= 0.3 is 6.16 Å². The average molecular weight is 178 g/mol. The third kappa shape index (κ3) is 22.9. The Balaban J connectivity index is 0. The summed E-state index contributed by atoms with van der Waals surface area (Å²) in [5.41, 5.74) is 0. The minimum Gasteiger partial charge on any atom is -0.450 e. The van der Waals surface area contributed by atoms with Crippen molar-refractivity contribution in [2.45, 2.75) is 27.2 Å². The number of hydrogen-bond donors (Lipinski definition) is 2. The summed E-state index contributed by atoms with van der Waals surface area (Å²) in [6.45, 7) is 6.28. The molecule has 0 atom stereocenters. The zero-order chi connectivity index (χ0) is 9.98. The maximum Gasteiger partial charge on any atom is 0.505 e. The van der Waals surface area contributed by atoms with Gasteiger partial charge in [-0.15, -0.1) is 0 Å². The van der Waals surface area contributed by atoms with E-state index in [1.54, 1.807) is 6.92 Å². The summed E-state index contributed by atoms with van der Waals surface area (Å²) in [5, 5.41) is 15.6. The summed E-state index contributed by atoms with van der Waals surface area (Å²) in [4.78, 5) is 9.76. The minimum atomic E-state index is -1.18. The number of carbonyl (C=O) groups is 1. The Bertz CT molecular complexity index is 101. The van der Waals surface area contributed by atoms with Gasteiger partial charge in [0.25, 0.3) is 0 Å². The van der Waals surface area contributed by atoms with E-state index >= 15 is 0 Å². The molecule has 2 N–H and O–H groups in total. The highest BCUT2D eigenvalue weighted by Crippen LogP contribution is 1.98. The van der Waals surface area contributed by atoms with E-state index in [1.807, 2.05) is 13.8 Å². The van der Waals surface area contributed by atoms with Crippen LogP contribution < -0.4 is 0 Å². The molecular formula is C8H18O4. The molecule has 0 unspecified atom stereocenters. The lowest BCUT2D eigenvalue weighted by Crippen LogP contribution is -2.03. The van der Waals surface area contributed by atoms with E-state index in [9.17, 15) is 4.79 Å². The largest absolute Gasteiger partial charge is 0.505 e. The van der Waals surface area contributed by atoms with Crippen LogP contribution in [0.1, 0.15) is 27.2 Å². The highest BCUT2D eigenvalue weighted by molar-refractivity contribution is 5.56. The van der Waals surface area contributed by atoms with Crippen LogP contribution in [0.25, 0.3) is 0 Å². The van der Waals surface area contributed by atoms with Crippen molar-refractivity contribution in [2.75, 3.05) is 13.2 Å². The normalized spacial score (nSPS) is 8.75. The van der Waals surface area contributed by atoms with Gasteiger partial charge in [0.1, 0.15) is 0 Å². The van der Waals surface area contributed by atoms with Gasteiger partial charge < -0.3 is 14.9 Å². The number of ether oxygens (including phenoxy) is 1. The lowest BCUT2D eigenvalue weighted by Gasteiger charge is -2.01. The van der Waals surface area contributed by atoms with Crippen LogP contribution in [0.4, 0.5) is 4.79 Å². The molecule has 12 heavy (non-hydrogen) atoms. The summed E-state index contributed by atoms with van der Waals surface area (Å²) in [5.74, 6) is 0.504. The third-order valence-corrected chi connectivity index (χ3v) is 0.921. The molecular weight excluding hydrogens is 160 g/mol. The van der Waals surface area contributed by atoms with Crippen molar-refractivity contribution in [3.63, 3.8) is 0 Å². The van der Waals surface area contributed by atoms with Gasteiger partial charge in [-0.05, 0) is 19.3 Å². The number of carboxylic acid groups (broad SMARTS) is 1. The molecule has 0 saturated carbocycles. The SMILES string of the molecule is CC(C)CCOC(=O)O.CCO. The predicted octanol–water partition coefficient (Wildman–Crippen LogP) is 1.73. The molecule has 0 aromatic carbocycles. The Morgan fingerprint density at radius 3 is 2.17 bits per heavy atom. The molecule has 0 aliphatic heterocycles. The van der Waals surface area contributed by atoms with Crippen LogP contribution >= 0.6 is 0 Å². The molecule has 0 rings (SSSR count). The van der Waals surface area contributed by atoms with Gasteiger partial charge in [-0.25, -0.2) is 4.79 Å². The smallest absolute Gasteiger partial charge is 0.450 e. The molecule has 0 radical (unpaired) electrons. The van der Waals surface area contributed by atoms with Gasteiger partial charge in [0.15, 0.2) is 0 Å². The second-order valence-electron chi connectivity index (χ2n) is 2.61. The van der Waals surface area contributed by atoms with Crippen molar-refractivity contribution >= 4 is 6.16 Å². The van der Waals surface area contributed by atoms with Gasteiger partial charge in [0.2, 0.25) is 0 Å². The predicted molar refractivity (Wildman–Crippen MR) is 46.2 cm³/mol. The van der Waals surface area contributed by atoms with Crippen LogP contribution in [-0.4, -0.2) is 29.6 Å². The maximum absolute atomic E-state index is 9.76. The second-order valence-corrected chi connectivity index (χ2v) is 2.61. The Hall–Kier alpha value is -0.770. The van der Waals surface area contributed by atoms with Crippen molar-refractivity contribution in [3.05, 3.63) is 0 Å². The first-order chi connectivity index (χ1) is 5.54. The molecule has 0 aliphatic carbocycles. The zero-order valence-corrected chi connectivity index (χ0v) is 7.91. The summed E-state index contributed by atoms with van der Waals surface area (Å²) in [6.07, 6.45) is -0.387. The molecule has 0 spiro atoms. The molecule has 4 heteroatoms. The maximum atomic E-state index is 9.76. The van der Waals surface area contributed by atoms with Crippen molar-refractivity contribution in [3.8, 4) is 0 Å². The van der Waals surface area contributed by atoms with Crippen molar-refractivity contribution < 1.29 is 19.7 Å². The first-order valence-electron chi connectivity index (χ1n) is 4.01. The topological polar surface area (TPSA) is 66.8 Å². The molecule has 0 heterocycles. The fourth-order valence-corrected chi connectivity index (χ4v) is 0.382. The van der Waals surface area contributed by atoms with Gasteiger partial charge in [-0.2, -0.15) is 0 Å². The van der Waals surface area contributed by atoms with Crippen LogP contribution in [0, 0.1) is 5.92 Å². The van der Waals surface area contributed by atoms with E-state index in [0.29, 0.717) is 12.5 Å². The summed E-state index contributed by atoms with van der Waals surface area (Å²) in [7, 11) is 0. The summed E-state index contributed by atoms with van der Waals surface area (Å²) < 4.78 is 4.27. The number of aliphatic hydroxyl groups is 1. The minimum absolute atomic E-state index is 0.250. The van der Waals surface area contributed by atoms with Crippen molar-refractivity contribution in [2.24, 2.45) is 5.92 Å². The number of aliphatic hydroxyl groups excluding tert-OH is 1. The summed E-state index contributed by atoms with van der Waals surface area (Å²) in [6, 6.07) is 0. The van der Waals surface area contributed by atoms with Crippen LogP contribution in [0.5, 0.6) is 0 Å². The highest BCUT2D eigenvalue weighted by Gasteiger charge is 1.97. The molecule has 0 aromatic heterocycles. The standard InChI is InChI=1S/C6H12O3.C2H6O/c1-5(2)3-4-9-6(7)8;1-2-3/h5H,3-4H2,1-2H3,(H,7,8);3H,2H2,1H3. The quantitative estimate of drug-likeness (QED) is 0.646. The van der Waals surface area contributed by atoms with Gasteiger partial charge in [-0.1, -0.05) is 13.8 Å². The lowest BCUT2D eigenvalue weighted by molar-refractivity contribution is 0.0876. The second kappa shape index (κ2) is 10.2. The Labute approximate surface area is 73.2 Å². The zero-order valence-electron chi connectivity index (χ0n) is 7.91. The highest BCUT2D eigenvalue weighted by atomic mass is 16.7. The van der Waals surface area contributed by atoms with E-state index in [2.05, 4.69) is 4.74 Å². The fraction of sp³-hybridized carbons (Fsp3) is 0.875. The first kappa shape index (κ1) is 13.8. The van der Waals surface area contributed by atoms with Gasteiger partial charge in [0.05, 0.1) is 6.61 Å². The van der Waals surface area contributed by atoms with E-state index in [1.165, 1.54) is 0 Å². The first-order valence-corrected chi connectivity index (χ1v) is 4.01. The molecule has 4 nitrogen and oxygen atoms in total. The fourth-order valence-electron chi connectivity index (χ4n) is 0.382. The monoisotopic (exact) mass is 178 g/mol. The van der Waals surface area contributed by atoms with E-state index in [-0.39, 0.29) is 6.61 Å². The molecule has 74 valence electrons. The Morgan fingerprint density at radius 1 is 1.50 bits per heavy atom. The van der Waals surface area contributed by atoms with Crippen molar-refractivity contribution in [1.29, 1.82) is 0 Å². The Kier molecular flexibility index (Phi) is 11.8. The molecule has 0 bridgehead atoms. The summed E-state index contributed by atoms with van der Waals surface area (Å²) >= 11 is 0. The lowest BCUT2D eigenvalue weighted by atomic mass is 10.1. The third-order valence-electron chi connectivity index (χ3n) is 0.921. The van der Waals surface area contributed by atoms with E-state index < -0.39 is 6.16 Å². The molecule has 0 fully saturated rings. The molecule has 0 amide bonds. The van der Waals surface area contributed by atoms with E-state index in [0.717, 1.165) is 6.42 Å². The van der Waals surface area contributed by atoms with Crippen LogP contribution in [-0.2, 0) is 4.74 Å². The molecule has 0 aliphatic rings. The Morgan fingerprint density at radius 2 is 1.92 bits per heavy atom.